The number of rotatable bonds is 7. The Morgan fingerprint density at radius 1 is 1.20 bits per heavy atom. The molecule has 7 heteroatoms. The van der Waals surface area contributed by atoms with Crippen LogP contribution in [0.15, 0.2) is 29.2 Å². The van der Waals surface area contributed by atoms with Crippen LogP contribution in [-0.2, 0) is 26.0 Å². The van der Waals surface area contributed by atoms with Gasteiger partial charge >= 0.3 is 0 Å². The number of amides is 1. The van der Waals surface area contributed by atoms with Gasteiger partial charge in [-0.3, -0.25) is 4.79 Å². The molecule has 1 saturated heterocycles. The molecule has 0 atom stereocenters. The molecule has 6 nitrogen and oxygen atoms in total. The Bertz CT molecular complexity index is 678. The van der Waals surface area contributed by atoms with Gasteiger partial charge in [-0.15, -0.1) is 0 Å². The number of benzene rings is 1. The van der Waals surface area contributed by atoms with Crippen molar-refractivity contribution < 1.29 is 17.9 Å². The zero-order valence-corrected chi connectivity index (χ0v) is 16.1. The Balaban J connectivity index is 1.94. The predicted molar refractivity (Wildman–Crippen MR) is 96.9 cm³/mol. The maximum atomic E-state index is 12.6. The third-order valence-electron chi connectivity index (χ3n) is 4.53. The van der Waals surface area contributed by atoms with E-state index in [-0.39, 0.29) is 16.3 Å². The first-order chi connectivity index (χ1) is 11.7. The van der Waals surface area contributed by atoms with Crippen LogP contribution < -0.4 is 5.32 Å². The Morgan fingerprint density at radius 2 is 1.80 bits per heavy atom. The average Bonchev–Trinajstić information content (AvgIpc) is 2.61. The van der Waals surface area contributed by atoms with Crippen LogP contribution >= 0.6 is 0 Å². The topological polar surface area (TPSA) is 75.7 Å². The van der Waals surface area contributed by atoms with Crippen LogP contribution in [0, 0.1) is 0 Å². The lowest BCUT2D eigenvalue weighted by atomic mass is 10.0. The molecule has 0 aromatic heterocycles. The number of carbonyl (C=O) groups is 1. The van der Waals surface area contributed by atoms with Gasteiger partial charge in [0, 0.05) is 25.0 Å². The quantitative estimate of drug-likeness (QED) is 0.798. The van der Waals surface area contributed by atoms with Gasteiger partial charge in [0.2, 0.25) is 15.9 Å². The normalized spacial score (nSPS) is 16.6. The van der Waals surface area contributed by atoms with Crippen molar-refractivity contribution in [3.05, 3.63) is 29.8 Å². The van der Waals surface area contributed by atoms with Gasteiger partial charge in [-0.1, -0.05) is 19.1 Å². The minimum absolute atomic E-state index is 0.0110. The van der Waals surface area contributed by atoms with Crippen LogP contribution in [0.25, 0.3) is 0 Å². The SMILES string of the molecule is CCC(C)(C)NC(=O)CCc1ccc(S(=O)(=O)N2CCOCC2)cc1. The van der Waals surface area contributed by atoms with Crippen LogP contribution in [0.4, 0.5) is 0 Å². The number of sulfonamides is 1. The van der Waals surface area contributed by atoms with E-state index in [0.29, 0.717) is 39.1 Å². The molecule has 0 bridgehead atoms. The molecule has 1 fully saturated rings. The summed E-state index contributed by atoms with van der Waals surface area (Å²) in [6.07, 6.45) is 1.84. The lowest BCUT2D eigenvalue weighted by molar-refractivity contribution is -0.122. The average molecular weight is 368 g/mol. The minimum atomic E-state index is -3.46. The number of morpholine rings is 1. The fraction of sp³-hybridized carbons (Fsp3) is 0.611. The third kappa shape index (κ3) is 5.52. The molecule has 1 aromatic rings. The number of nitrogens with zero attached hydrogens (tertiary/aromatic N) is 1. The number of carbonyl (C=O) groups excluding carboxylic acids is 1. The minimum Gasteiger partial charge on any atom is -0.379 e. The highest BCUT2D eigenvalue weighted by Gasteiger charge is 2.26. The number of nitrogens with one attached hydrogen (secondary N) is 1. The van der Waals surface area contributed by atoms with Crippen molar-refractivity contribution in [1.29, 1.82) is 0 Å². The van der Waals surface area contributed by atoms with Gasteiger partial charge in [0.25, 0.3) is 0 Å². The molecule has 25 heavy (non-hydrogen) atoms. The molecule has 140 valence electrons. The highest BCUT2D eigenvalue weighted by Crippen LogP contribution is 2.18. The molecule has 0 aliphatic carbocycles. The van der Waals surface area contributed by atoms with Crippen molar-refractivity contribution in [2.24, 2.45) is 0 Å². The van der Waals surface area contributed by atoms with Gasteiger partial charge in [-0.2, -0.15) is 4.31 Å². The number of hydrogen-bond donors (Lipinski definition) is 1. The smallest absolute Gasteiger partial charge is 0.243 e. The van der Waals surface area contributed by atoms with Crippen LogP contribution in [0.1, 0.15) is 39.2 Å². The van der Waals surface area contributed by atoms with E-state index in [9.17, 15) is 13.2 Å². The number of ether oxygens (including phenoxy) is 1. The number of hydrogen-bond acceptors (Lipinski definition) is 4. The van der Waals surface area contributed by atoms with Crippen molar-refractivity contribution in [3.8, 4) is 0 Å². The van der Waals surface area contributed by atoms with E-state index in [1.165, 1.54) is 4.31 Å². The van der Waals surface area contributed by atoms with E-state index >= 15 is 0 Å². The van der Waals surface area contributed by atoms with Gasteiger partial charge < -0.3 is 10.1 Å². The fourth-order valence-electron chi connectivity index (χ4n) is 2.55. The van der Waals surface area contributed by atoms with Crippen molar-refractivity contribution in [3.63, 3.8) is 0 Å². The summed E-state index contributed by atoms with van der Waals surface area (Å²) in [4.78, 5) is 12.3. The van der Waals surface area contributed by atoms with Gasteiger partial charge in [0.1, 0.15) is 0 Å². The second-order valence-electron chi connectivity index (χ2n) is 6.95. The van der Waals surface area contributed by atoms with Crippen molar-refractivity contribution >= 4 is 15.9 Å². The molecule has 1 heterocycles. The Hall–Kier alpha value is -1.44. The molecule has 0 unspecified atom stereocenters. The molecule has 0 saturated carbocycles. The second kappa shape index (κ2) is 8.29. The van der Waals surface area contributed by atoms with Gasteiger partial charge in [0.05, 0.1) is 18.1 Å². The summed E-state index contributed by atoms with van der Waals surface area (Å²) < 4.78 is 31.8. The number of aryl methyl sites for hydroxylation is 1. The molecule has 2 rings (SSSR count). The first kappa shape index (κ1) is 19.9. The third-order valence-corrected chi connectivity index (χ3v) is 6.45. The van der Waals surface area contributed by atoms with Crippen LogP contribution in [0.2, 0.25) is 0 Å². The van der Waals surface area contributed by atoms with Crippen LogP contribution in [0.5, 0.6) is 0 Å². The molecule has 0 spiro atoms. The molecule has 1 amide bonds. The summed E-state index contributed by atoms with van der Waals surface area (Å²) >= 11 is 0. The summed E-state index contributed by atoms with van der Waals surface area (Å²) in [7, 11) is -3.46. The zero-order valence-electron chi connectivity index (χ0n) is 15.2. The molecule has 0 radical (unpaired) electrons. The lowest BCUT2D eigenvalue weighted by Crippen LogP contribution is -2.42. The Kier molecular flexibility index (Phi) is 6.59. The largest absolute Gasteiger partial charge is 0.379 e. The maximum Gasteiger partial charge on any atom is 0.243 e. The molecule has 1 aliphatic heterocycles. The molecule has 1 aromatic carbocycles. The summed E-state index contributed by atoms with van der Waals surface area (Å²) in [6.45, 7) is 7.66. The summed E-state index contributed by atoms with van der Waals surface area (Å²) in [6, 6.07) is 6.80. The summed E-state index contributed by atoms with van der Waals surface area (Å²) in [5.74, 6) is 0.0110. The first-order valence-electron chi connectivity index (χ1n) is 8.72. The Morgan fingerprint density at radius 3 is 2.36 bits per heavy atom. The van der Waals surface area contributed by atoms with Crippen LogP contribution in [-0.4, -0.2) is 50.5 Å². The molecule has 1 aliphatic rings. The molecular formula is C18H28N2O4S. The lowest BCUT2D eigenvalue weighted by Gasteiger charge is -2.26. The van der Waals surface area contributed by atoms with Gasteiger partial charge in [0.15, 0.2) is 0 Å². The van der Waals surface area contributed by atoms with E-state index in [1.807, 2.05) is 20.8 Å². The fourth-order valence-corrected chi connectivity index (χ4v) is 3.96. The predicted octanol–water partition coefficient (Wildman–Crippen LogP) is 1.94. The maximum absolute atomic E-state index is 12.6. The van der Waals surface area contributed by atoms with Crippen molar-refractivity contribution in [2.45, 2.75) is 50.5 Å². The highest BCUT2D eigenvalue weighted by molar-refractivity contribution is 7.89. The molecular weight excluding hydrogens is 340 g/mol. The monoisotopic (exact) mass is 368 g/mol. The second-order valence-corrected chi connectivity index (χ2v) is 8.88. The van der Waals surface area contributed by atoms with Gasteiger partial charge in [-0.25, -0.2) is 8.42 Å². The van der Waals surface area contributed by atoms with E-state index in [0.717, 1.165) is 12.0 Å². The summed E-state index contributed by atoms with van der Waals surface area (Å²) in [5.41, 5.74) is 0.748. The zero-order chi connectivity index (χ0) is 18.5. The van der Waals surface area contributed by atoms with E-state index in [4.69, 9.17) is 4.74 Å². The van der Waals surface area contributed by atoms with E-state index in [2.05, 4.69) is 5.32 Å². The van der Waals surface area contributed by atoms with Crippen molar-refractivity contribution in [1.82, 2.24) is 9.62 Å². The first-order valence-corrected chi connectivity index (χ1v) is 10.2. The van der Waals surface area contributed by atoms with Gasteiger partial charge in [-0.05, 0) is 44.4 Å². The standard InChI is InChI=1S/C18H28N2O4S/c1-4-18(2,3)19-17(21)10-7-15-5-8-16(9-6-15)25(22,23)20-11-13-24-14-12-20/h5-6,8-9H,4,7,10-14H2,1-3H3,(H,19,21). The molecule has 1 N–H and O–H groups in total. The van der Waals surface area contributed by atoms with E-state index in [1.54, 1.807) is 24.3 Å². The highest BCUT2D eigenvalue weighted by atomic mass is 32.2. The van der Waals surface area contributed by atoms with E-state index < -0.39 is 10.0 Å². The summed E-state index contributed by atoms with van der Waals surface area (Å²) in [5, 5.41) is 3.00. The Labute approximate surface area is 150 Å². The van der Waals surface area contributed by atoms with Crippen LogP contribution in [0.3, 0.4) is 0 Å². The van der Waals surface area contributed by atoms with Crippen molar-refractivity contribution in [2.75, 3.05) is 26.3 Å².